The van der Waals surface area contributed by atoms with Gasteiger partial charge in [-0.2, -0.15) is 4.98 Å². The summed E-state index contributed by atoms with van der Waals surface area (Å²) < 4.78 is 11.9. The van der Waals surface area contributed by atoms with Gasteiger partial charge in [0.15, 0.2) is 12.4 Å². The molecule has 30 heavy (non-hydrogen) atoms. The highest BCUT2D eigenvalue weighted by atomic mass is 79.9. The van der Waals surface area contributed by atoms with Crippen LogP contribution in [0.2, 0.25) is 0 Å². The summed E-state index contributed by atoms with van der Waals surface area (Å²) >= 11 is 3.44. The Morgan fingerprint density at radius 3 is 2.67 bits per heavy atom. The summed E-state index contributed by atoms with van der Waals surface area (Å²) in [5.74, 6) is 0.277. The zero-order valence-corrected chi connectivity index (χ0v) is 18.1. The Kier molecular flexibility index (Phi) is 5.87. The first-order chi connectivity index (χ1) is 14.5. The Bertz CT molecular complexity index is 1030. The minimum Gasteiger partial charge on any atom is -0.481 e. The number of likely N-dealkylation sites (tertiary alicyclic amines) is 1. The number of hydrogen-bond donors (Lipinski definition) is 1. The van der Waals surface area contributed by atoms with Crippen LogP contribution in [-0.2, 0) is 10.2 Å². The van der Waals surface area contributed by atoms with Gasteiger partial charge in [0.1, 0.15) is 5.75 Å². The van der Waals surface area contributed by atoms with Crippen molar-refractivity contribution in [3.05, 3.63) is 64.4 Å². The van der Waals surface area contributed by atoms with E-state index in [-0.39, 0.29) is 5.41 Å². The molecule has 4 rings (SSSR count). The van der Waals surface area contributed by atoms with Gasteiger partial charge in [-0.05, 0) is 56.7 Å². The van der Waals surface area contributed by atoms with Gasteiger partial charge in [-0.3, -0.25) is 0 Å². The lowest BCUT2D eigenvalue weighted by Gasteiger charge is -2.38. The number of piperidine rings is 1. The topological polar surface area (TPSA) is 88.7 Å². The minimum atomic E-state index is -1.05. The summed E-state index contributed by atoms with van der Waals surface area (Å²) in [5, 5.41) is 13.3. The van der Waals surface area contributed by atoms with Crippen molar-refractivity contribution in [2.45, 2.75) is 18.3 Å². The third kappa shape index (κ3) is 4.11. The number of carboxylic acids is 1. The van der Waals surface area contributed by atoms with Crippen LogP contribution in [0.15, 0.2) is 57.5 Å². The van der Waals surface area contributed by atoms with E-state index in [1.54, 1.807) is 18.2 Å². The second-order valence-electron chi connectivity index (χ2n) is 7.50. The molecule has 0 radical (unpaired) electrons. The zero-order chi connectivity index (χ0) is 21.1. The summed E-state index contributed by atoms with van der Waals surface area (Å²) in [5.41, 5.74) is 1.39. The molecule has 1 aromatic heterocycles. The Morgan fingerprint density at radius 2 is 1.97 bits per heavy atom. The number of benzene rings is 2. The van der Waals surface area contributed by atoms with E-state index in [1.807, 2.05) is 18.2 Å². The molecule has 0 saturated carbocycles. The maximum Gasteiger partial charge on any atom is 0.341 e. The van der Waals surface area contributed by atoms with Crippen molar-refractivity contribution < 1.29 is 19.2 Å². The van der Waals surface area contributed by atoms with Crippen molar-refractivity contribution in [3.63, 3.8) is 0 Å². The van der Waals surface area contributed by atoms with Crippen molar-refractivity contribution in [2.75, 3.05) is 26.7 Å². The second kappa shape index (κ2) is 8.57. The number of ether oxygens (including phenoxy) is 1. The molecular formula is C22H22BrN3O4. The van der Waals surface area contributed by atoms with Crippen LogP contribution in [0.3, 0.4) is 0 Å². The lowest BCUT2D eigenvalue weighted by atomic mass is 9.72. The van der Waals surface area contributed by atoms with Gasteiger partial charge in [0.2, 0.25) is 0 Å². The Hall–Kier alpha value is -2.71. The standard InChI is InChI=1S/C22H22BrN3O4/c1-26-11-9-22(10-12-26,15-5-3-2-4-6-15)21-24-20(30-25-21)17-13-16(23)7-8-18(17)29-14-19(27)28/h2-8,13H,9-12,14H2,1H3,(H,27,28). The van der Waals surface area contributed by atoms with Gasteiger partial charge in [-0.15, -0.1) is 0 Å². The number of carbonyl (C=O) groups is 1. The van der Waals surface area contributed by atoms with E-state index in [1.165, 1.54) is 5.56 Å². The SMILES string of the molecule is CN1CCC(c2ccccc2)(c2noc(-c3cc(Br)ccc3OCC(=O)O)n2)CC1. The first-order valence-corrected chi connectivity index (χ1v) is 10.5. The number of carboxylic acid groups (broad SMARTS) is 1. The van der Waals surface area contributed by atoms with Gasteiger partial charge < -0.3 is 19.3 Å². The van der Waals surface area contributed by atoms with Gasteiger partial charge >= 0.3 is 5.97 Å². The molecule has 1 saturated heterocycles. The smallest absolute Gasteiger partial charge is 0.341 e. The predicted octanol–water partition coefficient (Wildman–Crippen LogP) is 3.97. The lowest BCUT2D eigenvalue weighted by molar-refractivity contribution is -0.139. The molecule has 0 amide bonds. The molecule has 8 heteroatoms. The normalized spacial score (nSPS) is 16.3. The van der Waals surface area contributed by atoms with Crippen LogP contribution >= 0.6 is 15.9 Å². The lowest BCUT2D eigenvalue weighted by Crippen LogP contribution is -2.42. The van der Waals surface area contributed by atoms with E-state index in [2.05, 4.69) is 45.2 Å². The summed E-state index contributed by atoms with van der Waals surface area (Å²) in [4.78, 5) is 18.0. The monoisotopic (exact) mass is 471 g/mol. The van der Waals surface area contributed by atoms with Crippen molar-refractivity contribution in [3.8, 4) is 17.2 Å². The van der Waals surface area contributed by atoms with Crippen LogP contribution in [0.25, 0.3) is 11.5 Å². The van der Waals surface area contributed by atoms with Crippen molar-refractivity contribution in [2.24, 2.45) is 0 Å². The molecule has 0 aliphatic carbocycles. The minimum absolute atomic E-state index is 0.306. The molecule has 2 heterocycles. The highest BCUT2D eigenvalue weighted by Crippen LogP contribution is 2.41. The Morgan fingerprint density at radius 1 is 1.23 bits per heavy atom. The third-order valence-electron chi connectivity index (χ3n) is 5.54. The van der Waals surface area contributed by atoms with Crippen LogP contribution in [0.1, 0.15) is 24.2 Å². The fourth-order valence-corrected chi connectivity index (χ4v) is 4.22. The quantitative estimate of drug-likeness (QED) is 0.581. The van der Waals surface area contributed by atoms with Gasteiger partial charge in [0.25, 0.3) is 5.89 Å². The average Bonchev–Trinajstić information content (AvgIpc) is 3.25. The summed E-state index contributed by atoms with van der Waals surface area (Å²) in [7, 11) is 2.12. The second-order valence-corrected chi connectivity index (χ2v) is 8.41. The first kappa shape index (κ1) is 20.6. The fourth-order valence-electron chi connectivity index (χ4n) is 3.86. The molecule has 1 aliphatic rings. The summed E-state index contributed by atoms with van der Waals surface area (Å²) in [6.45, 7) is 1.42. The summed E-state index contributed by atoms with van der Waals surface area (Å²) in [6.07, 6.45) is 1.76. The molecule has 0 atom stereocenters. The van der Waals surface area contributed by atoms with E-state index in [0.29, 0.717) is 23.0 Å². The molecule has 1 fully saturated rings. The number of aliphatic carboxylic acids is 1. The van der Waals surface area contributed by atoms with Crippen molar-refractivity contribution in [1.29, 1.82) is 0 Å². The number of nitrogens with zero attached hydrogens (tertiary/aromatic N) is 3. The van der Waals surface area contributed by atoms with Crippen LogP contribution in [0.5, 0.6) is 5.75 Å². The molecule has 0 bridgehead atoms. The van der Waals surface area contributed by atoms with Crippen molar-refractivity contribution >= 4 is 21.9 Å². The molecule has 0 unspecified atom stereocenters. The largest absolute Gasteiger partial charge is 0.481 e. The molecule has 156 valence electrons. The van der Waals surface area contributed by atoms with Crippen molar-refractivity contribution in [1.82, 2.24) is 15.0 Å². The van der Waals surface area contributed by atoms with Gasteiger partial charge in [-0.1, -0.05) is 51.4 Å². The molecule has 0 spiro atoms. The highest BCUT2D eigenvalue weighted by molar-refractivity contribution is 9.10. The van der Waals surface area contributed by atoms with Gasteiger partial charge in [0.05, 0.1) is 11.0 Å². The first-order valence-electron chi connectivity index (χ1n) is 9.71. The molecule has 3 aromatic rings. The number of hydrogen-bond acceptors (Lipinski definition) is 6. The van der Waals surface area contributed by atoms with Crippen LogP contribution in [0.4, 0.5) is 0 Å². The number of halogens is 1. The van der Waals surface area contributed by atoms with E-state index < -0.39 is 12.6 Å². The van der Waals surface area contributed by atoms with E-state index >= 15 is 0 Å². The number of aromatic nitrogens is 2. The predicted molar refractivity (Wildman–Crippen MR) is 115 cm³/mol. The highest BCUT2D eigenvalue weighted by Gasteiger charge is 2.41. The van der Waals surface area contributed by atoms with E-state index in [0.717, 1.165) is 30.4 Å². The average molecular weight is 472 g/mol. The fraction of sp³-hybridized carbons (Fsp3) is 0.318. The third-order valence-corrected chi connectivity index (χ3v) is 6.04. The molecule has 7 nitrogen and oxygen atoms in total. The van der Waals surface area contributed by atoms with Crippen LogP contribution in [0, 0.1) is 0 Å². The maximum absolute atomic E-state index is 10.9. The Balaban J connectivity index is 1.74. The molecule has 1 aliphatic heterocycles. The van der Waals surface area contributed by atoms with Crippen LogP contribution < -0.4 is 4.74 Å². The molecular weight excluding hydrogens is 450 g/mol. The summed E-state index contributed by atoms with van der Waals surface area (Å²) in [6, 6.07) is 15.5. The van der Waals surface area contributed by atoms with Gasteiger partial charge in [0, 0.05) is 4.47 Å². The molecule has 1 N–H and O–H groups in total. The Labute approximate surface area is 182 Å². The van der Waals surface area contributed by atoms with Gasteiger partial charge in [-0.25, -0.2) is 4.79 Å². The maximum atomic E-state index is 10.9. The van der Waals surface area contributed by atoms with E-state index in [9.17, 15) is 4.79 Å². The van der Waals surface area contributed by atoms with E-state index in [4.69, 9.17) is 19.4 Å². The molecule has 2 aromatic carbocycles. The number of rotatable bonds is 6. The van der Waals surface area contributed by atoms with Crippen LogP contribution in [-0.4, -0.2) is 52.9 Å². The zero-order valence-electron chi connectivity index (χ0n) is 16.5.